The Hall–Kier alpha value is -1.46. The van der Waals surface area contributed by atoms with E-state index in [1.165, 1.54) is 31.0 Å². The molecule has 0 aromatic heterocycles. The van der Waals surface area contributed by atoms with Crippen molar-refractivity contribution in [3.05, 3.63) is 35.6 Å². The van der Waals surface area contributed by atoms with Gasteiger partial charge in [0, 0.05) is 19.1 Å². The van der Waals surface area contributed by atoms with Gasteiger partial charge in [0.25, 0.3) is 0 Å². The van der Waals surface area contributed by atoms with Gasteiger partial charge < -0.3 is 15.3 Å². The molecule has 4 nitrogen and oxygen atoms in total. The number of halogens is 1. The minimum atomic E-state index is -0.963. The minimum Gasteiger partial charge on any atom is -0.388 e. The highest BCUT2D eigenvalue weighted by molar-refractivity contribution is 5.77. The Morgan fingerprint density at radius 2 is 2.17 bits per heavy atom. The first-order valence-electron chi connectivity index (χ1n) is 8.53. The van der Waals surface area contributed by atoms with Crippen LogP contribution in [0.4, 0.5) is 4.39 Å². The summed E-state index contributed by atoms with van der Waals surface area (Å²) < 4.78 is 13.1. The molecule has 1 aromatic rings. The van der Waals surface area contributed by atoms with Crippen molar-refractivity contribution < 1.29 is 14.3 Å². The third-order valence-corrected chi connectivity index (χ3v) is 4.39. The predicted octanol–water partition coefficient (Wildman–Crippen LogP) is 2.63. The van der Waals surface area contributed by atoms with Crippen LogP contribution in [0, 0.1) is 5.82 Å². The molecule has 1 aliphatic rings. The number of aliphatic hydroxyl groups is 1. The number of nitrogens with one attached hydrogen (secondary N) is 1. The number of rotatable bonds is 7. The number of likely N-dealkylation sites (tertiary alicyclic amines) is 1. The first-order chi connectivity index (χ1) is 11.1. The number of amides is 1. The zero-order valence-electron chi connectivity index (χ0n) is 13.8. The number of nitrogens with zero attached hydrogens (tertiary/aromatic N) is 1. The SMILES string of the molecule is CCCCN1CCC(NC(=O)CC(O)c2cccc(F)c2)CC1. The zero-order chi connectivity index (χ0) is 16.7. The molecule has 1 atom stereocenters. The highest BCUT2D eigenvalue weighted by atomic mass is 19.1. The summed E-state index contributed by atoms with van der Waals surface area (Å²) in [7, 11) is 0. The van der Waals surface area contributed by atoms with E-state index in [9.17, 15) is 14.3 Å². The Morgan fingerprint density at radius 1 is 1.43 bits per heavy atom. The van der Waals surface area contributed by atoms with Crippen LogP contribution in [0.15, 0.2) is 24.3 Å². The van der Waals surface area contributed by atoms with E-state index in [-0.39, 0.29) is 18.4 Å². The van der Waals surface area contributed by atoms with Crippen LogP contribution in [-0.4, -0.2) is 41.6 Å². The van der Waals surface area contributed by atoms with Gasteiger partial charge in [-0.3, -0.25) is 4.79 Å². The summed E-state index contributed by atoms with van der Waals surface area (Å²) >= 11 is 0. The molecule has 1 heterocycles. The highest BCUT2D eigenvalue weighted by Gasteiger charge is 2.21. The second-order valence-electron chi connectivity index (χ2n) is 6.31. The number of benzene rings is 1. The summed E-state index contributed by atoms with van der Waals surface area (Å²) in [5.74, 6) is -0.574. The third-order valence-electron chi connectivity index (χ3n) is 4.39. The summed E-state index contributed by atoms with van der Waals surface area (Å²) in [6, 6.07) is 5.94. The van der Waals surface area contributed by atoms with Crippen LogP contribution in [0.1, 0.15) is 50.7 Å². The molecule has 1 unspecified atom stereocenters. The van der Waals surface area contributed by atoms with Crippen molar-refractivity contribution >= 4 is 5.91 Å². The molecule has 0 aliphatic carbocycles. The Labute approximate surface area is 137 Å². The fourth-order valence-corrected chi connectivity index (χ4v) is 2.98. The Morgan fingerprint density at radius 3 is 2.83 bits per heavy atom. The molecule has 0 bridgehead atoms. The molecule has 2 rings (SSSR count). The van der Waals surface area contributed by atoms with Gasteiger partial charge in [0.1, 0.15) is 5.82 Å². The van der Waals surface area contributed by atoms with Gasteiger partial charge in [-0.25, -0.2) is 4.39 Å². The fourth-order valence-electron chi connectivity index (χ4n) is 2.98. The van der Waals surface area contributed by atoms with Crippen molar-refractivity contribution in [3.63, 3.8) is 0 Å². The molecule has 1 amide bonds. The maximum Gasteiger partial charge on any atom is 0.223 e. The van der Waals surface area contributed by atoms with Crippen molar-refractivity contribution in [2.24, 2.45) is 0 Å². The third kappa shape index (κ3) is 5.92. The molecule has 5 heteroatoms. The highest BCUT2D eigenvalue weighted by Crippen LogP contribution is 2.18. The van der Waals surface area contributed by atoms with Gasteiger partial charge in [0.2, 0.25) is 5.91 Å². The average molecular weight is 322 g/mol. The van der Waals surface area contributed by atoms with E-state index < -0.39 is 11.9 Å². The van der Waals surface area contributed by atoms with E-state index in [0.29, 0.717) is 5.56 Å². The summed E-state index contributed by atoms with van der Waals surface area (Å²) in [5.41, 5.74) is 0.439. The van der Waals surface area contributed by atoms with Crippen molar-refractivity contribution in [3.8, 4) is 0 Å². The molecule has 1 fully saturated rings. The van der Waals surface area contributed by atoms with E-state index in [2.05, 4.69) is 17.1 Å². The molecule has 128 valence electrons. The van der Waals surface area contributed by atoms with Crippen LogP contribution in [0.5, 0.6) is 0 Å². The summed E-state index contributed by atoms with van der Waals surface area (Å²) in [6.07, 6.45) is 3.33. The van der Waals surface area contributed by atoms with Crippen LogP contribution in [-0.2, 0) is 4.79 Å². The van der Waals surface area contributed by atoms with Gasteiger partial charge in [-0.15, -0.1) is 0 Å². The molecule has 1 aromatic carbocycles. The molecular weight excluding hydrogens is 295 g/mol. The van der Waals surface area contributed by atoms with Crippen LogP contribution >= 0.6 is 0 Å². The summed E-state index contributed by atoms with van der Waals surface area (Å²) in [4.78, 5) is 14.5. The van der Waals surface area contributed by atoms with Crippen LogP contribution in [0.25, 0.3) is 0 Å². The zero-order valence-corrected chi connectivity index (χ0v) is 13.8. The second-order valence-corrected chi connectivity index (χ2v) is 6.31. The number of hydrogen-bond donors (Lipinski definition) is 2. The van der Waals surface area contributed by atoms with Gasteiger partial charge in [-0.1, -0.05) is 25.5 Å². The maximum absolute atomic E-state index is 13.1. The molecule has 23 heavy (non-hydrogen) atoms. The lowest BCUT2D eigenvalue weighted by Gasteiger charge is -2.32. The van der Waals surface area contributed by atoms with Gasteiger partial charge in [0.05, 0.1) is 12.5 Å². The number of carbonyl (C=O) groups excluding carboxylic acids is 1. The topological polar surface area (TPSA) is 52.6 Å². The molecule has 1 saturated heterocycles. The molecule has 0 spiro atoms. The predicted molar refractivity (Wildman–Crippen MR) is 88.5 cm³/mol. The van der Waals surface area contributed by atoms with E-state index in [1.54, 1.807) is 6.07 Å². The van der Waals surface area contributed by atoms with E-state index in [1.807, 2.05) is 0 Å². The molecule has 0 radical (unpaired) electrons. The molecule has 2 N–H and O–H groups in total. The van der Waals surface area contributed by atoms with Crippen LogP contribution < -0.4 is 5.32 Å². The minimum absolute atomic E-state index is 0.0283. The second kappa shape index (κ2) is 8.99. The van der Waals surface area contributed by atoms with E-state index >= 15 is 0 Å². The van der Waals surface area contributed by atoms with Crippen molar-refractivity contribution in [1.29, 1.82) is 0 Å². The smallest absolute Gasteiger partial charge is 0.223 e. The molecular formula is C18H27FN2O2. The number of aliphatic hydroxyl groups excluding tert-OH is 1. The Kier molecular flexibility index (Phi) is 6.99. The molecule has 0 saturated carbocycles. The molecule has 1 aliphatic heterocycles. The Bertz CT molecular complexity index is 502. The largest absolute Gasteiger partial charge is 0.388 e. The standard InChI is InChI=1S/C18H27FN2O2/c1-2-3-9-21-10-7-16(8-11-21)20-18(23)13-17(22)14-5-4-6-15(19)12-14/h4-6,12,16-17,22H,2-3,7-11,13H2,1H3,(H,20,23). The van der Waals surface area contributed by atoms with Gasteiger partial charge in [0.15, 0.2) is 0 Å². The quantitative estimate of drug-likeness (QED) is 0.811. The van der Waals surface area contributed by atoms with E-state index in [0.717, 1.165) is 32.5 Å². The normalized spacial score (nSPS) is 17.9. The monoisotopic (exact) mass is 322 g/mol. The van der Waals surface area contributed by atoms with Gasteiger partial charge >= 0.3 is 0 Å². The first-order valence-corrected chi connectivity index (χ1v) is 8.53. The summed E-state index contributed by atoms with van der Waals surface area (Å²) in [6.45, 7) is 5.35. The van der Waals surface area contributed by atoms with Gasteiger partial charge in [-0.2, -0.15) is 0 Å². The maximum atomic E-state index is 13.1. The number of carbonyl (C=O) groups is 1. The van der Waals surface area contributed by atoms with Crippen LogP contribution in [0.2, 0.25) is 0 Å². The lowest BCUT2D eigenvalue weighted by molar-refractivity contribution is -0.124. The average Bonchev–Trinajstić information content (AvgIpc) is 2.54. The lowest BCUT2D eigenvalue weighted by Crippen LogP contribution is -2.45. The summed E-state index contributed by atoms with van der Waals surface area (Å²) in [5, 5.41) is 13.0. The lowest BCUT2D eigenvalue weighted by atomic mass is 10.0. The van der Waals surface area contributed by atoms with Crippen molar-refractivity contribution in [1.82, 2.24) is 10.2 Å². The number of piperidine rings is 1. The van der Waals surface area contributed by atoms with Crippen molar-refractivity contribution in [2.75, 3.05) is 19.6 Å². The number of hydrogen-bond acceptors (Lipinski definition) is 3. The number of unbranched alkanes of at least 4 members (excludes halogenated alkanes) is 1. The van der Waals surface area contributed by atoms with Crippen LogP contribution in [0.3, 0.4) is 0 Å². The fraction of sp³-hybridized carbons (Fsp3) is 0.611. The van der Waals surface area contributed by atoms with E-state index in [4.69, 9.17) is 0 Å². The van der Waals surface area contributed by atoms with Crippen molar-refractivity contribution in [2.45, 2.75) is 51.2 Å². The van der Waals surface area contributed by atoms with Gasteiger partial charge in [-0.05, 0) is 43.5 Å². The Balaban J connectivity index is 1.73. The first kappa shape index (κ1) is 17.9.